The van der Waals surface area contributed by atoms with Crippen LogP contribution in [0.3, 0.4) is 0 Å². The van der Waals surface area contributed by atoms with Crippen molar-refractivity contribution in [3.63, 3.8) is 0 Å². The van der Waals surface area contributed by atoms with Crippen molar-refractivity contribution < 1.29 is 4.74 Å². The Kier molecular flexibility index (Phi) is 4.19. The standard InChI is InChI=1S/C17H27NO/c1-6-18-15(9-12(2)3)13-7-8-16-14(10-13)17(4,5)11-19-16/h7-8,10,12,15,18H,6,9,11H2,1-5H3. The van der Waals surface area contributed by atoms with Crippen LogP contribution in [-0.4, -0.2) is 13.2 Å². The molecule has 1 unspecified atom stereocenters. The van der Waals surface area contributed by atoms with Crippen molar-refractivity contribution in [2.75, 3.05) is 13.2 Å². The van der Waals surface area contributed by atoms with Gasteiger partial charge in [-0.25, -0.2) is 0 Å². The van der Waals surface area contributed by atoms with E-state index in [-0.39, 0.29) is 5.41 Å². The summed E-state index contributed by atoms with van der Waals surface area (Å²) in [4.78, 5) is 0. The van der Waals surface area contributed by atoms with Gasteiger partial charge in [0.25, 0.3) is 0 Å². The van der Waals surface area contributed by atoms with E-state index in [9.17, 15) is 0 Å². The fraction of sp³-hybridized carbons (Fsp3) is 0.647. The van der Waals surface area contributed by atoms with E-state index in [2.05, 4.69) is 58.1 Å². The van der Waals surface area contributed by atoms with Crippen LogP contribution in [0.1, 0.15) is 58.2 Å². The zero-order valence-electron chi connectivity index (χ0n) is 12.9. The lowest BCUT2D eigenvalue weighted by atomic mass is 9.84. The SMILES string of the molecule is CCNC(CC(C)C)c1ccc2c(c1)C(C)(C)CO2. The molecule has 1 aliphatic rings. The molecule has 19 heavy (non-hydrogen) atoms. The lowest BCUT2D eigenvalue weighted by Gasteiger charge is -2.22. The van der Waals surface area contributed by atoms with Crippen LogP contribution in [-0.2, 0) is 5.41 Å². The monoisotopic (exact) mass is 261 g/mol. The van der Waals surface area contributed by atoms with E-state index < -0.39 is 0 Å². The van der Waals surface area contributed by atoms with Crippen molar-refractivity contribution in [1.29, 1.82) is 0 Å². The van der Waals surface area contributed by atoms with E-state index in [4.69, 9.17) is 4.74 Å². The Labute approximate surface area is 117 Å². The molecule has 1 heterocycles. The van der Waals surface area contributed by atoms with Crippen LogP contribution >= 0.6 is 0 Å². The third-order valence-corrected chi connectivity index (χ3v) is 3.88. The second-order valence-electron chi connectivity index (χ2n) is 6.67. The number of benzene rings is 1. The van der Waals surface area contributed by atoms with E-state index >= 15 is 0 Å². The van der Waals surface area contributed by atoms with Crippen LogP contribution in [0.5, 0.6) is 5.75 Å². The Morgan fingerprint density at radius 2 is 2.05 bits per heavy atom. The van der Waals surface area contributed by atoms with Gasteiger partial charge in [-0.15, -0.1) is 0 Å². The van der Waals surface area contributed by atoms with Crippen LogP contribution in [0, 0.1) is 5.92 Å². The minimum absolute atomic E-state index is 0.139. The van der Waals surface area contributed by atoms with Gasteiger partial charge in [0.15, 0.2) is 0 Å². The Hall–Kier alpha value is -1.02. The second kappa shape index (κ2) is 5.54. The zero-order valence-corrected chi connectivity index (χ0v) is 12.9. The summed E-state index contributed by atoms with van der Waals surface area (Å²) in [7, 11) is 0. The number of rotatable bonds is 5. The Morgan fingerprint density at radius 1 is 1.32 bits per heavy atom. The molecule has 0 saturated carbocycles. The molecular formula is C17H27NO. The number of hydrogen-bond donors (Lipinski definition) is 1. The van der Waals surface area contributed by atoms with Crippen molar-refractivity contribution in [1.82, 2.24) is 5.32 Å². The third kappa shape index (κ3) is 3.11. The second-order valence-corrected chi connectivity index (χ2v) is 6.67. The summed E-state index contributed by atoms with van der Waals surface area (Å²) in [5.74, 6) is 1.76. The maximum Gasteiger partial charge on any atom is 0.123 e. The predicted octanol–water partition coefficient (Wildman–Crippen LogP) is 4.05. The summed E-state index contributed by atoms with van der Waals surface area (Å²) < 4.78 is 5.77. The van der Waals surface area contributed by atoms with Gasteiger partial charge in [0.05, 0.1) is 6.61 Å². The van der Waals surface area contributed by atoms with Gasteiger partial charge in [-0.2, -0.15) is 0 Å². The van der Waals surface area contributed by atoms with Gasteiger partial charge >= 0.3 is 0 Å². The molecule has 2 heteroatoms. The van der Waals surface area contributed by atoms with Crippen molar-refractivity contribution in [3.8, 4) is 5.75 Å². The van der Waals surface area contributed by atoms with E-state index in [0.29, 0.717) is 12.0 Å². The van der Waals surface area contributed by atoms with E-state index in [1.54, 1.807) is 0 Å². The largest absolute Gasteiger partial charge is 0.492 e. The normalized spacial score (nSPS) is 18.2. The average Bonchev–Trinajstić information content (AvgIpc) is 2.64. The van der Waals surface area contributed by atoms with Crippen molar-refractivity contribution in [2.45, 2.75) is 52.5 Å². The van der Waals surface area contributed by atoms with Gasteiger partial charge in [0.2, 0.25) is 0 Å². The molecule has 1 N–H and O–H groups in total. The quantitative estimate of drug-likeness (QED) is 0.863. The molecule has 0 bridgehead atoms. The Morgan fingerprint density at radius 3 is 2.68 bits per heavy atom. The van der Waals surface area contributed by atoms with E-state index in [0.717, 1.165) is 18.9 Å². The molecule has 1 aromatic rings. The smallest absolute Gasteiger partial charge is 0.123 e. The summed E-state index contributed by atoms with van der Waals surface area (Å²) in [5.41, 5.74) is 2.89. The summed E-state index contributed by atoms with van der Waals surface area (Å²) in [6.45, 7) is 13.1. The highest BCUT2D eigenvalue weighted by atomic mass is 16.5. The maximum atomic E-state index is 5.77. The Balaban J connectivity index is 2.29. The molecule has 2 rings (SSSR count). The van der Waals surface area contributed by atoms with Crippen LogP contribution < -0.4 is 10.1 Å². The van der Waals surface area contributed by atoms with Crippen LogP contribution in [0.15, 0.2) is 18.2 Å². The molecule has 2 nitrogen and oxygen atoms in total. The molecule has 1 atom stereocenters. The van der Waals surface area contributed by atoms with Crippen molar-refractivity contribution in [3.05, 3.63) is 29.3 Å². The highest BCUT2D eigenvalue weighted by Gasteiger charge is 2.32. The highest BCUT2D eigenvalue weighted by molar-refractivity contribution is 5.45. The Bertz CT molecular complexity index is 437. The lowest BCUT2D eigenvalue weighted by Crippen LogP contribution is -2.23. The lowest BCUT2D eigenvalue weighted by molar-refractivity contribution is 0.291. The fourth-order valence-electron chi connectivity index (χ4n) is 2.81. The number of hydrogen-bond acceptors (Lipinski definition) is 2. The van der Waals surface area contributed by atoms with Crippen molar-refractivity contribution >= 4 is 0 Å². The summed E-state index contributed by atoms with van der Waals surface area (Å²) in [6, 6.07) is 7.16. The molecule has 0 radical (unpaired) electrons. The van der Waals surface area contributed by atoms with Crippen molar-refractivity contribution in [2.24, 2.45) is 5.92 Å². The predicted molar refractivity (Wildman–Crippen MR) is 80.8 cm³/mol. The molecule has 0 aliphatic carbocycles. The van der Waals surface area contributed by atoms with Crippen LogP contribution in [0.4, 0.5) is 0 Å². The first-order valence-corrected chi connectivity index (χ1v) is 7.44. The summed E-state index contributed by atoms with van der Waals surface area (Å²) >= 11 is 0. The minimum atomic E-state index is 0.139. The van der Waals surface area contributed by atoms with Crippen LogP contribution in [0.2, 0.25) is 0 Å². The summed E-state index contributed by atoms with van der Waals surface area (Å²) in [5, 5.41) is 3.61. The summed E-state index contributed by atoms with van der Waals surface area (Å²) in [6.07, 6.45) is 1.17. The molecule has 0 amide bonds. The van der Waals surface area contributed by atoms with Gasteiger partial charge in [-0.05, 0) is 36.6 Å². The highest BCUT2D eigenvalue weighted by Crippen LogP contribution is 2.40. The maximum absolute atomic E-state index is 5.77. The molecular weight excluding hydrogens is 234 g/mol. The number of fused-ring (bicyclic) bond motifs is 1. The molecule has 1 aliphatic heterocycles. The van der Waals surface area contributed by atoms with Gasteiger partial charge in [-0.1, -0.05) is 40.7 Å². The minimum Gasteiger partial charge on any atom is -0.492 e. The van der Waals surface area contributed by atoms with E-state index in [1.807, 2.05) is 0 Å². The van der Waals surface area contributed by atoms with E-state index in [1.165, 1.54) is 17.5 Å². The van der Waals surface area contributed by atoms with Gasteiger partial charge in [0.1, 0.15) is 5.75 Å². The first-order valence-electron chi connectivity index (χ1n) is 7.44. The topological polar surface area (TPSA) is 21.3 Å². The average molecular weight is 261 g/mol. The number of ether oxygens (including phenoxy) is 1. The zero-order chi connectivity index (χ0) is 14.0. The molecule has 0 aromatic heterocycles. The fourth-order valence-corrected chi connectivity index (χ4v) is 2.81. The first kappa shape index (κ1) is 14.4. The van der Waals surface area contributed by atoms with Gasteiger partial charge < -0.3 is 10.1 Å². The van der Waals surface area contributed by atoms with Gasteiger partial charge in [0, 0.05) is 17.0 Å². The van der Waals surface area contributed by atoms with Gasteiger partial charge in [-0.3, -0.25) is 0 Å². The molecule has 0 spiro atoms. The molecule has 0 saturated heterocycles. The molecule has 0 fully saturated rings. The number of nitrogens with one attached hydrogen (secondary N) is 1. The first-order chi connectivity index (χ1) is 8.94. The third-order valence-electron chi connectivity index (χ3n) is 3.88. The molecule has 1 aromatic carbocycles. The van der Waals surface area contributed by atoms with Crippen LogP contribution in [0.25, 0.3) is 0 Å². The molecule has 106 valence electrons.